The quantitative estimate of drug-likeness (QED) is 0.683. The highest BCUT2D eigenvalue weighted by atomic mass is 16.5. The second kappa shape index (κ2) is 7.49. The Kier molecular flexibility index (Phi) is 5.92. The lowest BCUT2D eigenvalue weighted by Crippen LogP contribution is -2.02. The lowest BCUT2D eigenvalue weighted by atomic mass is 9.98. The van der Waals surface area contributed by atoms with Gasteiger partial charge >= 0.3 is 0 Å². The van der Waals surface area contributed by atoms with Gasteiger partial charge in [0.25, 0.3) is 0 Å². The SMILES string of the molecule is C=CCC(=O)C/C(=C/C)Cc1ccccc1OC. The Bertz CT molecular complexity index is 444. The fourth-order valence-corrected chi connectivity index (χ4v) is 1.85. The highest BCUT2D eigenvalue weighted by Crippen LogP contribution is 2.22. The molecule has 0 N–H and O–H groups in total. The first kappa shape index (κ1) is 14.2. The molecule has 0 atom stereocenters. The minimum Gasteiger partial charge on any atom is -0.496 e. The van der Waals surface area contributed by atoms with Gasteiger partial charge in [0, 0.05) is 12.8 Å². The molecule has 0 radical (unpaired) electrons. The van der Waals surface area contributed by atoms with E-state index < -0.39 is 0 Å². The van der Waals surface area contributed by atoms with E-state index in [1.807, 2.05) is 37.3 Å². The van der Waals surface area contributed by atoms with E-state index >= 15 is 0 Å². The summed E-state index contributed by atoms with van der Waals surface area (Å²) in [5.41, 5.74) is 2.23. The zero-order chi connectivity index (χ0) is 13.4. The van der Waals surface area contributed by atoms with E-state index in [-0.39, 0.29) is 5.78 Å². The van der Waals surface area contributed by atoms with Gasteiger partial charge in [-0.15, -0.1) is 6.58 Å². The third-order valence-electron chi connectivity index (χ3n) is 2.81. The van der Waals surface area contributed by atoms with Crippen molar-refractivity contribution in [1.82, 2.24) is 0 Å². The first-order chi connectivity index (χ1) is 8.71. The Hall–Kier alpha value is -1.83. The van der Waals surface area contributed by atoms with Crippen LogP contribution in [0.1, 0.15) is 25.3 Å². The van der Waals surface area contributed by atoms with Crippen LogP contribution in [0, 0.1) is 0 Å². The molecule has 0 aliphatic carbocycles. The summed E-state index contributed by atoms with van der Waals surface area (Å²) >= 11 is 0. The van der Waals surface area contributed by atoms with Crippen LogP contribution in [0.4, 0.5) is 0 Å². The summed E-state index contributed by atoms with van der Waals surface area (Å²) < 4.78 is 5.31. The minimum absolute atomic E-state index is 0.202. The summed E-state index contributed by atoms with van der Waals surface area (Å²) in [6.07, 6.45) is 5.33. The predicted molar refractivity (Wildman–Crippen MR) is 74.9 cm³/mol. The average molecular weight is 244 g/mol. The molecule has 0 fully saturated rings. The number of hydrogen-bond acceptors (Lipinski definition) is 2. The molecule has 96 valence electrons. The number of Topliss-reactive ketones (excluding diaryl/α,β-unsaturated/α-hetero) is 1. The number of para-hydroxylation sites is 1. The number of carbonyl (C=O) groups excluding carboxylic acids is 1. The summed E-state index contributed by atoms with van der Waals surface area (Å²) in [6, 6.07) is 7.89. The normalized spacial score (nSPS) is 11.1. The molecule has 0 aromatic heterocycles. The van der Waals surface area contributed by atoms with E-state index in [4.69, 9.17) is 4.74 Å². The lowest BCUT2D eigenvalue weighted by molar-refractivity contribution is -0.117. The van der Waals surface area contributed by atoms with Crippen molar-refractivity contribution < 1.29 is 9.53 Å². The zero-order valence-electron chi connectivity index (χ0n) is 11.1. The highest BCUT2D eigenvalue weighted by Gasteiger charge is 2.08. The van der Waals surface area contributed by atoms with Gasteiger partial charge in [-0.3, -0.25) is 4.79 Å². The van der Waals surface area contributed by atoms with Crippen molar-refractivity contribution in [3.63, 3.8) is 0 Å². The average Bonchev–Trinajstić information content (AvgIpc) is 2.38. The van der Waals surface area contributed by atoms with Crippen molar-refractivity contribution in [3.05, 3.63) is 54.1 Å². The largest absolute Gasteiger partial charge is 0.496 e. The molecule has 0 bridgehead atoms. The maximum absolute atomic E-state index is 11.6. The maximum atomic E-state index is 11.6. The molecule has 0 saturated heterocycles. The number of allylic oxidation sites excluding steroid dienone is 3. The van der Waals surface area contributed by atoms with Gasteiger partial charge in [-0.2, -0.15) is 0 Å². The van der Waals surface area contributed by atoms with Gasteiger partial charge in [0.1, 0.15) is 11.5 Å². The first-order valence-electron chi connectivity index (χ1n) is 6.09. The van der Waals surface area contributed by atoms with Crippen molar-refractivity contribution in [2.45, 2.75) is 26.2 Å². The molecule has 0 aliphatic heterocycles. The number of ketones is 1. The van der Waals surface area contributed by atoms with Crippen LogP contribution in [0.2, 0.25) is 0 Å². The first-order valence-corrected chi connectivity index (χ1v) is 6.09. The molecule has 0 spiro atoms. The van der Waals surface area contributed by atoms with Gasteiger partial charge in [0.05, 0.1) is 7.11 Å². The topological polar surface area (TPSA) is 26.3 Å². The predicted octanol–water partition coefficient (Wildman–Crippen LogP) is 3.72. The van der Waals surface area contributed by atoms with Crippen molar-refractivity contribution in [1.29, 1.82) is 0 Å². The van der Waals surface area contributed by atoms with E-state index in [0.717, 1.165) is 23.3 Å². The standard InChI is InChI=1S/C16H20O2/c1-4-8-15(17)12-13(5-2)11-14-9-6-7-10-16(14)18-3/h4-7,9-10H,1,8,11-12H2,2-3H3/b13-5+. The number of rotatable bonds is 7. The van der Waals surface area contributed by atoms with Crippen molar-refractivity contribution in [3.8, 4) is 5.75 Å². The van der Waals surface area contributed by atoms with Gasteiger partial charge in [-0.05, 0) is 25.0 Å². The van der Waals surface area contributed by atoms with Crippen LogP contribution in [0.25, 0.3) is 0 Å². The van der Waals surface area contributed by atoms with Crippen LogP contribution in [-0.2, 0) is 11.2 Å². The van der Waals surface area contributed by atoms with Gasteiger partial charge < -0.3 is 4.74 Å². The molecule has 0 amide bonds. The van der Waals surface area contributed by atoms with Gasteiger partial charge in [0.15, 0.2) is 0 Å². The molecule has 2 heteroatoms. The molecule has 0 unspecified atom stereocenters. The van der Waals surface area contributed by atoms with Crippen molar-refractivity contribution in [2.75, 3.05) is 7.11 Å². The summed E-state index contributed by atoms with van der Waals surface area (Å²) in [4.78, 5) is 11.6. The Balaban J connectivity index is 2.74. The maximum Gasteiger partial charge on any atom is 0.140 e. The van der Waals surface area contributed by atoms with Crippen molar-refractivity contribution in [2.24, 2.45) is 0 Å². The molecule has 1 rings (SSSR count). The summed E-state index contributed by atoms with van der Waals surface area (Å²) in [5, 5.41) is 0. The summed E-state index contributed by atoms with van der Waals surface area (Å²) in [6.45, 7) is 5.55. The van der Waals surface area contributed by atoms with E-state index in [0.29, 0.717) is 12.8 Å². The number of ether oxygens (including phenoxy) is 1. The van der Waals surface area contributed by atoms with Crippen molar-refractivity contribution >= 4 is 5.78 Å². The molecular formula is C16H20O2. The molecule has 2 nitrogen and oxygen atoms in total. The van der Waals surface area contributed by atoms with Crippen LogP contribution < -0.4 is 4.74 Å². The molecule has 0 aliphatic rings. The third kappa shape index (κ3) is 4.21. The fourth-order valence-electron chi connectivity index (χ4n) is 1.85. The Morgan fingerprint density at radius 2 is 2.11 bits per heavy atom. The van der Waals surface area contributed by atoms with E-state index in [1.165, 1.54) is 0 Å². The third-order valence-corrected chi connectivity index (χ3v) is 2.81. The fraction of sp³-hybridized carbons (Fsp3) is 0.312. The molecule has 1 aromatic carbocycles. The van der Waals surface area contributed by atoms with Crippen LogP contribution in [0.15, 0.2) is 48.6 Å². The van der Waals surface area contributed by atoms with E-state index in [1.54, 1.807) is 13.2 Å². The van der Waals surface area contributed by atoms with Gasteiger partial charge in [-0.1, -0.05) is 35.9 Å². The Labute approximate surface area is 109 Å². The Morgan fingerprint density at radius 1 is 1.39 bits per heavy atom. The second-order valence-electron chi connectivity index (χ2n) is 4.14. The highest BCUT2D eigenvalue weighted by molar-refractivity contribution is 5.82. The minimum atomic E-state index is 0.202. The molecular weight excluding hydrogens is 224 g/mol. The van der Waals surface area contributed by atoms with Crippen LogP contribution in [0.3, 0.4) is 0 Å². The van der Waals surface area contributed by atoms with Gasteiger partial charge in [0.2, 0.25) is 0 Å². The molecule has 0 heterocycles. The zero-order valence-corrected chi connectivity index (χ0v) is 11.1. The number of methoxy groups -OCH3 is 1. The molecule has 18 heavy (non-hydrogen) atoms. The van der Waals surface area contributed by atoms with Crippen LogP contribution >= 0.6 is 0 Å². The lowest BCUT2D eigenvalue weighted by Gasteiger charge is -2.10. The molecule has 1 aromatic rings. The second-order valence-corrected chi connectivity index (χ2v) is 4.14. The van der Waals surface area contributed by atoms with Gasteiger partial charge in [-0.25, -0.2) is 0 Å². The number of benzene rings is 1. The van der Waals surface area contributed by atoms with Crippen LogP contribution in [0.5, 0.6) is 5.75 Å². The number of carbonyl (C=O) groups is 1. The summed E-state index contributed by atoms with van der Waals surface area (Å²) in [5.74, 6) is 1.07. The summed E-state index contributed by atoms with van der Waals surface area (Å²) in [7, 11) is 1.66. The van der Waals surface area contributed by atoms with E-state index in [9.17, 15) is 4.79 Å². The molecule has 0 saturated carbocycles. The van der Waals surface area contributed by atoms with E-state index in [2.05, 4.69) is 6.58 Å². The smallest absolute Gasteiger partial charge is 0.140 e. The number of hydrogen-bond donors (Lipinski definition) is 0. The monoisotopic (exact) mass is 244 g/mol. The van der Waals surface area contributed by atoms with Crippen LogP contribution in [-0.4, -0.2) is 12.9 Å². The Morgan fingerprint density at radius 3 is 2.72 bits per heavy atom.